The van der Waals surface area contributed by atoms with Gasteiger partial charge < -0.3 is 15.3 Å². The van der Waals surface area contributed by atoms with Crippen LogP contribution in [0.1, 0.15) is 17.5 Å². The zero-order valence-corrected chi connectivity index (χ0v) is 11.1. The lowest BCUT2D eigenvalue weighted by atomic mass is 10.1. The topological polar surface area (TPSA) is 35.5 Å². The van der Waals surface area contributed by atoms with Crippen LogP contribution in [0, 0.1) is 6.92 Å². The Bertz CT molecular complexity index is 328. The van der Waals surface area contributed by atoms with Crippen LogP contribution in [-0.2, 0) is 6.54 Å². The number of hydrogen-bond acceptors (Lipinski definition) is 3. The first-order valence-corrected chi connectivity index (χ1v) is 6.18. The molecule has 0 aromatic heterocycles. The Kier molecular flexibility index (Phi) is 6.19. The molecule has 0 radical (unpaired) electrons. The van der Waals surface area contributed by atoms with Crippen molar-refractivity contribution in [2.24, 2.45) is 0 Å². The van der Waals surface area contributed by atoms with Crippen LogP contribution >= 0.6 is 0 Å². The zero-order chi connectivity index (χ0) is 12.7. The van der Waals surface area contributed by atoms with Crippen LogP contribution in [0.2, 0.25) is 0 Å². The van der Waals surface area contributed by atoms with Gasteiger partial charge in [0.05, 0.1) is 0 Å². The van der Waals surface area contributed by atoms with Gasteiger partial charge in [0.1, 0.15) is 0 Å². The van der Waals surface area contributed by atoms with E-state index in [-0.39, 0.29) is 6.61 Å². The fourth-order valence-electron chi connectivity index (χ4n) is 2.00. The Morgan fingerprint density at radius 1 is 1.35 bits per heavy atom. The van der Waals surface area contributed by atoms with E-state index < -0.39 is 0 Å². The number of nitrogens with one attached hydrogen (secondary N) is 1. The van der Waals surface area contributed by atoms with E-state index in [1.165, 1.54) is 11.1 Å². The number of benzene rings is 1. The molecule has 3 nitrogen and oxygen atoms in total. The number of hydrogen-bond donors (Lipinski definition) is 2. The highest BCUT2D eigenvalue weighted by molar-refractivity contribution is 5.25. The van der Waals surface area contributed by atoms with Crippen molar-refractivity contribution in [2.75, 3.05) is 27.2 Å². The van der Waals surface area contributed by atoms with Crippen LogP contribution in [-0.4, -0.2) is 43.3 Å². The van der Waals surface area contributed by atoms with Crippen LogP contribution < -0.4 is 5.32 Å². The lowest BCUT2D eigenvalue weighted by Crippen LogP contribution is -2.38. The van der Waals surface area contributed by atoms with Crippen molar-refractivity contribution >= 4 is 0 Å². The molecule has 96 valence electrons. The molecule has 1 atom stereocenters. The minimum absolute atomic E-state index is 0.240. The summed E-state index contributed by atoms with van der Waals surface area (Å²) in [5, 5.41) is 12.2. The van der Waals surface area contributed by atoms with Crippen molar-refractivity contribution < 1.29 is 5.11 Å². The van der Waals surface area contributed by atoms with Crippen molar-refractivity contribution in [2.45, 2.75) is 25.9 Å². The van der Waals surface area contributed by atoms with E-state index in [0.29, 0.717) is 6.04 Å². The highest BCUT2D eigenvalue weighted by atomic mass is 16.3. The first-order valence-electron chi connectivity index (χ1n) is 6.18. The normalized spacial score (nSPS) is 13.0. The second-order valence-corrected chi connectivity index (χ2v) is 4.62. The van der Waals surface area contributed by atoms with Crippen LogP contribution in [0.25, 0.3) is 0 Å². The summed E-state index contributed by atoms with van der Waals surface area (Å²) in [6.07, 6.45) is 0.800. The summed E-state index contributed by atoms with van der Waals surface area (Å²) in [4.78, 5) is 2.29. The summed E-state index contributed by atoms with van der Waals surface area (Å²) in [5.74, 6) is 0. The Morgan fingerprint density at radius 2 is 2.06 bits per heavy atom. The van der Waals surface area contributed by atoms with E-state index in [2.05, 4.69) is 48.5 Å². The maximum absolute atomic E-state index is 8.96. The van der Waals surface area contributed by atoms with E-state index in [0.717, 1.165) is 19.5 Å². The van der Waals surface area contributed by atoms with Gasteiger partial charge in [0.25, 0.3) is 0 Å². The molecule has 1 rings (SSSR count). The maximum atomic E-state index is 8.96. The van der Waals surface area contributed by atoms with E-state index >= 15 is 0 Å². The standard InChI is InChI=1S/C14H24N2O/c1-12-6-4-5-7-13(12)10-16(3)11-14(15-2)8-9-17/h4-7,14-15,17H,8-11H2,1-3H3. The fourth-order valence-corrected chi connectivity index (χ4v) is 2.00. The lowest BCUT2D eigenvalue weighted by molar-refractivity contribution is 0.230. The van der Waals surface area contributed by atoms with Crippen LogP contribution in [0.15, 0.2) is 24.3 Å². The summed E-state index contributed by atoms with van der Waals surface area (Å²) in [6, 6.07) is 8.83. The molecule has 1 unspecified atom stereocenters. The van der Waals surface area contributed by atoms with Gasteiger partial charge in [0, 0.05) is 25.7 Å². The van der Waals surface area contributed by atoms with E-state index in [4.69, 9.17) is 5.11 Å². The highest BCUT2D eigenvalue weighted by Crippen LogP contribution is 2.09. The summed E-state index contributed by atoms with van der Waals surface area (Å²) in [7, 11) is 4.07. The number of aryl methyl sites for hydroxylation is 1. The third-order valence-electron chi connectivity index (χ3n) is 3.12. The van der Waals surface area contributed by atoms with Gasteiger partial charge in [0.15, 0.2) is 0 Å². The molecular formula is C14H24N2O. The number of likely N-dealkylation sites (N-methyl/N-ethyl adjacent to an activating group) is 2. The minimum atomic E-state index is 0.240. The van der Waals surface area contributed by atoms with Crippen LogP contribution in [0.4, 0.5) is 0 Å². The average Bonchev–Trinajstić information content (AvgIpc) is 2.31. The second kappa shape index (κ2) is 7.43. The van der Waals surface area contributed by atoms with Gasteiger partial charge in [-0.05, 0) is 38.6 Å². The van der Waals surface area contributed by atoms with Crippen molar-refractivity contribution in [1.29, 1.82) is 0 Å². The second-order valence-electron chi connectivity index (χ2n) is 4.62. The van der Waals surface area contributed by atoms with Gasteiger partial charge in [-0.2, -0.15) is 0 Å². The average molecular weight is 236 g/mol. The lowest BCUT2D eigenvalue weighted by Gasteiger charge is -2.24. The van der Waals surface area contributed by atoms with Crippen molar-refractivity contribution in [1.82, 2.24) is 10.2 Å². The number of nitrogens with zero attached hydrogens (tertiary/aromatic N) is 1. The first kappa shape index (κ1) is 14.2. The van der Waals surface area contributed by atoms with Crippen molar-refractivity contribution in [3.63, 3.8) is 0 Å². The van der Waals surface area contributed by atoms with Crippen molar-refractivity contribution in [3.8, 4) is 0 Å². The highest BCUT2D eigenvalue weighted by Gasteiger charge is 2.09. The molecule has 3 heteroatoms. The summed E-state index contributed by atoms with van der Waals surface area (Å²) < 4.78 is 0. The SMILES string of the molecule is CNC(CCO)CN(C)Cc1ccccc1C. The largest absolute Gasteiger partial charge is 0.396 e. The van der Waals surface area contributed by atoms with Gasteiger partial charge in [-0.25, -0.2) is 0 Å². The van der Waals surface area contributed by atoms with Gasteiger partial charge in [-0.15, -0.1) is 0 Å². The number of aliphatic hydroxyl groups is 1. The Balaban J connectivity index is 2.49. The van der Waals surface area contributed by atoms with Gasteiger partial charge in [-0.1, -0.05) is 24.3 Å². The first-order chi connectivity index (χ1) is 8.17. The molecule has 0 aliphatic rings. The van der Waals surface area contributed by atoms with Crippen LogP contribution in [0.5, 0.6) is 0 Å². The molecule has 0 aliphatic carbocycles. The molecular weight excluding hydrogens is 212 g/mol. The Labute approximate surface area is 104 Å². The van der Waals surface area contributed by atoms with Gasteiger partial charge in [0.2, 0.25) is 0 Å². The minimum Gasteiger partial charge on any atom is -0.396 e. The summed E-state index contributed by atoms with van der Waals surface area (Å²) in [5.41, 5.74) is 2.70. The molecule has 1 aromatic rings. The Morgan fingerprint density at radius 3 is 2.65 bits per heavy atom. The van der Waals surface area contributed by atoms with E-state index in [9.17, 15) is 0 Å². The predicted molar refractivity (Wildman–Crippen MR) is 72.1 cm³/mol. The monoisotopic (exact) mass is 236 g/mol. The summed E-state index contributed by atoms with van der Waals surface area (Å²) >= 11 is 0. The van der Waals surface area contributed by atoms with Crippen molar-refractivity contribution in [3.05, 3.63) is 35.4 Å². The van der Waals surface area contributed by atoms with Gasteiger partial charge >= 0.3 is 0 Å². The van der Waals surface area contributed by atoms with E-state index in [1.807, 2.05) is 7.05 Å². The molecule has 1 aromatic carbocycles. The predicted octanol–water partition coefficient (Wildman–Crippen LogP) is 1.40. The summed E-state index contributed by atoms with van der Waals surface area (Å²) in [6.45, 7) is 4.29. The molecule has 0 saturated carbocycles. The molecule has 0 spiro atoms. The Hall–Kier alpha value is -0.900. The molecule has 0 amide bonds. The zero-order valence-electron chi connectivity index (χ0n) is 11.1. The third kappa shape index (κ3) is 4.86. The molecule has 0 fully saturated rings. The molecule has 0 aliphatic heterocycles. The number of rotatable bonds is 7. The molecule has 17 heavy (non-hydrogen) atoms. The molecule has 0 heterocycles. The van der Waals surface area contributed by atoms with Crippen LogP contribution in [0.3, 0.4) is 0 Å². The smallest absolute Gasteiger partial charge is 0.0446 e. The molecule has 2 N–H and O–H groups in total. The van der Waals surface area contributed by atoms with E-state index in [1.54, 1.807) is 0 Å². The quantitative estimate of drug-likeness (QED) is 0.751. The fraction of sp³-hybridized carbons (Fsp3) is 0.571. The number of aliphatic hydroxyl groups excluding tert-OH is 1. The van der Waals surface area contributed by atoms with Gasteiger partial charge in [-0.3, -0.25) is 0 Å². The molecule has 0 bridgehead atoms. The third-order valence-corrected chi connectivity index (χ3v) is 3.12. The molecule has 0 saturated heterocycles. The maximum Gasteiger partial charge on any atom is 0.0446 e.